The first kappa shape index (κ1) is 15.7. The Hall–Kier alpha value is -2.32. The van der Waals surface area contributed by atoms with E-state index in [0.29, 0.717) is 6.08 Å². The maximum atomic E-state index is 12.1. The maximum Gasteiger partial charge on any atom is 0.573 e. The number of carbonyl (C=O) groups is 1. The molecule has 0 aliphatic heterocycles. The van der Waals surface area contributed by atoms with Crippen molar-refractivity contribution in [1.82, 2.24) is 0 Å². The van der Waals surface area contributed by atoms with Crippen LogP contribution >= 0.6 is 0 Å². The summed E-state index contributed by atoms with van der Waals surface area (Å²) in [4.78, 5) is 10.3. The molecule has 0 atom stereocenters. The second-order valence-corrected chi connectivity index (χ2v) is 3.30. The van der Waals surface area contributed by atoms with Crippen molar-refractivity contribution >= 4 is 12.0 Å². The van der Waals surface area contributed by atoms with Crippen molar-refractivity contribution in [3.63, 3.8) is 0 Å². The van der Waals surface area contributed by atoms with E-state index in [9.17, 15) is 26.7 Å². The molecule has 0 radical (unpaired) electrons. The van der Waals surface area contributed by atoms with E-state index in [1.165, 1.54) is 0 Å². The van der Waals surface area contributed by atoms with E-state index in [4.69, 9.17) is 5.11 Å². The first-order valence-electron chi connectivity index (χ1n) is 4.93. The van der Waals surface area contributed by atoms with Gasteiger partial charge < -0.3 is 14.6 Å². The van der Waals surface area contributed by atoms with Crippen LogP contribution in [0.15, 0.2) is 24.3 Å². The molecule has 0 amide bonds. The van der Waals surface area contributed by atoms with Crippen LogP contribution in [0.25, 0.3) is 6.08 Å². The number of halogens is 5. The molecular weight excluding hydrogens is 291 g/mol. The molecule has 1 aromatic rings. The summed E-state index contributed by atoms with van der Waals surface area (Å²) in [6, 6.07) is 2.38. The van der Waals surface area contributed by atoms with Crippen molar-refractivity contribution in [2.75, 3.05) is 0 Å². The zero-order valence-corrected chi connectivity index (χ0v) is 9.53. The summed E-state index contributed by atoms with van der Waals surface area (Å²) in [5.41, 5.74) is -0.372. The van der Waals surface area contributed by atoms with E-state index in [1.54, 1.807) is 0 Å². The lowest BCUT2D eigenvalue weighted by Gasteiger charge is -2.13. The van der Waals surface area contributed by atoms with Gasteiger partial charge in [0, 0.05) is 11.6 Å². The van der Waals surface area contributed by atoms with Gasteiger partial charge >= 0.3 is 18.9 Å². The lowest BCUT2D eigenvalue weighted by Crippen LogP contribution is -2.17. The van der Waals surface area contributed by atoms with E-state index in [1.807, 2.05) is 0 Å². The number of aliphatic carboxylic acids is 1. The van der Waals surface area contributed by atoms with Gasteiger partial charge in [-0.05, 0) is 24.3 Å². The van der Waals surface area contributed by atoms with E-state index in [2.05, 4.69) is 9.47 Å². The van der Waals surface area contributed by atoms with Gasteiger partial charge in [0.05, 0.1) is 0 Å². The van der Waals surface area contributed by atoms with Crippen LogP contribution in [0.2, 0.25) is 0 Å². The zero-order valence-electron chi connectivity index (χ0n) is 9.53. The molecule has 0 heterocycles. The quantitative estimate of drug-likeness (QED) is 0.669. The van der Waals surface area contributed by atoms with Gasteiger partial charge in [-0.1, -0.05) is 0 Å². The number of carboxylic acid groups (broad SMARTS) is 1. The predicted octanol–water partition coefficient (Wildman–Crippen LogP) is 3.28. The molecule has 1 aromatic carbocycles. The van der Waals surface area contributed by atoms with E-state index in [-0.39, 0.29) is 5.56 Å². The summed E-state index contributed by atoms with van der Waals surface area (Å²) in [7, 11) is 0. The highest BCUT2D eigenvalue weighted by Crippen LogP contribution is 2.30. The fourth-order valence-corrected chi connectivity index (χ4v) is 1.21. The Morgan fingerprint density at radius 1 is 1.30 bits per heavy atom. The minimum absolute atomic E-state index is 0.372. The molecule has 0 saturated carbocycles. The molecule has 110 valence electrons. The summed E-state index contributed by atoms with van der Waals surface area (Å²) in [5.74, 6) is -2.60. The smallest absolute Gasteiger partial charge is 0.478 e. The van der Waals surface area contributed by atoms with Gasteiger partial charge in [0.1, 0.15) is 11.5 Å². The number of benzene rings is 1. The number of hydrogen-bond acceptors (Lipinski definition) is 3. The van der Waals surface area contributed by atoms with Crippen molar-refractivity contribution in [2.45, 2.75) is 13.0 Å². The Morgan fingerprint density at radius 2 is 1.95 bits per heavy atom. The highest BCUT2D eigenvalue weighted by molar-refractivity contribution is 5.86. The predicted molar refractivity (Wildman–Crippen MR) is 56.4 cm³/mol. The minimum atomic E-state index is -5.00. The van der Waals surface area contributed by atoms with Crippen molar-refractivity contribution in [2.24, 2.45) is 0 Å². The molecule has 0 aromatic heterocycles. The average Bonchev–Trinajstić information content (AvgIpc) is 2.26. The second-order valence-electron chi connectivity index (χ2n) is 3.30. The van der Waals surface area contributed by atoms with Gasteiger partial charge in [0.2, 0.25) is 0 Å². The molecule has 9 heteroatoms. The maximum absolute atomic E-state index is 12.1. The lowest BCUT2D eigenvalue weighted by molar-refractivity contribution is -0.274. The van der Waals surface area contributed by atoms with Crippen molar-refractivity contribution < 1.29 is 41.3 Å². The van der Waals surface area contributed by atoms with Gasteiger partial charge in [0.15, 0.2) is 0 Å². The van der Waals surface area contributed by atoms with Crippen LogP contribution in [-0.4, -0.2) is 24.0 Å². The fourth-order valence-electron chi connectivity index (χ4n) is 1.21. The number of rotatable bonds is 5. The fraction of sp³-hybridized carbons (Fsp3) is 0.182. The van der Waals surface area contributed by atoms with Gasteiger partial charge in [-0.25, -0.2) is 4.79 Å². The topological polar surface area (TPSA) is 55.8 Å². The Bertz CT molecular complexity index is 510. The van der Waals surface area contributed by atoms with Crippen LogP contribution in [0, 0.1) is 0 Å². The van der Waals surface area contributed by atoms with Crippen LogP contribution < -0.4 is 9.47 Å². The Balaban J connectivity index is 3.12. The summed E-state index contributed by atoms with van der Waals surface area (Å²) in [6.07, 6.45) is -3.70. The van der Waals surface area contributed by atoms with Crippen LogP contribution in [0.5, 0.6) is 11.5 Å². The van der Waals surface area contributed by atoms with Crippen molar-refractivity contribution in [3.8, 4) is 11.5 Å². The molecule has 0 aliphatic rings. The molecule has 0 spiro atoms. The molecule has 4 nitrogen and oxygen atoms in total. The monoisotopic (exact) mass is 298 g/mol. The van der Waals surface area contributed by atoms with E-state index >= 15 is 0 Å². The third-order valence-corrected chi connectivity index (χ3v) is 1.84. The summed E-state index contributed by atoms with van der Waals surface area (Å²) in [6.45, 7) is -3.17. The average molecular weight is 298 g/mol. The standard InChI is InChI=1S/C11H7F5O4/c12-10(13)19-7-2-3-8(20-11(14,15)16)6(5-7)1-4-9(17)18/h1-5,10H,(H,17,18)/b4-1+. The van der Waals surface area contributed by atoms with Gasteiger partial charge in [-0.3, -0.25) is 0 Å². The first-order valence-corrected chi connectivity index (χ1v) is 4.93. The number of ether oxygens (including phenoxy) is 2. The van der Waals surface area contributed by atoms with E-state index < -0.39 is 30.4 Å². The van der Waals surface area contributed by atoms with E-state index in [0.717, 1.165) is 24.3 Å². The van der Waals surface area contributed by atoms with Gasteiger partial charge in [-0.2, -0.15) is 8.78 Å². The summed E-state index contributed by atoms with van der Waals surface area (Å²) >= 11 is 0. The molecule has 0 bridgehead atoms. The van der Waals surface area contributed by atoms with Crippen LogP contribution in [0.4, 0.5) is 22.0 Å². The first-order chi connectivity index (χ1) is 9.17. The van der Waals surface area contributed by atoms with Crippen LogP contribution in [0.3, 0.4) is 0 Å². The molecular formula is C11H7F5O4. The Kier molecular flexibility index (Phi) is 4.89. The molecule has 0 unspecified atom stereocenters. The normalized spacial score (nSPS) is 11.9. The SMILES string of the molecule is O=C(O)/C=C/c1cc(OC(F)F)ccc1OC(F)(F)F. The second kappa shape index (κ2) is 6.22. The lowest BCUT2D eigenvalue weighted by atomic mass is 10.1. The molecule has 20 heavy (non-hydrogen) atoms. The Labute approximate surface area is 109 Å². The molecule has 1 rings (SSSR count). The minimum Gasteiger partial charge on any atom is -0.478 e. The third-order valence-electron chi connectivity index (χ3n) is 1.84. The van der Waals surface area contributed by atoms with Gasteiger partial charge in [-0.15, -0.1) is 13.2 Å². The summed E-state index contributed by atoms with van der Waals surface area (Å²) in [5, 5.41) is 8.41. The van der Waals surface area contributed by atoms with Crippen LogP contribution in [0.1, 0.15) is 5.56 Å². The largest absolute Gasteiger partial charge is 0.573 e. The number of hydrogen-bond donors (Lipinski definition) is 1. The van der Waals surface area contributed by atoms with Crippen molar-refractivity contribution in [3.05, 3.63) is 29.8 Å². The molecule has 0 saturated heterocycles. The van der Waals surface area contributed by atoms with Crippen molar-refractivity contribution in [1.29, 1.82) is 0 Å². The zero-order chi connectivity index (χ0) is 15.3. The molecule has 0 aliphatic carbocycles. The molecule has 1 N–H and O–H groups in total. The highest BCUT2D eigenvalue weighted by atomic mass is 19.4. The third kappa shape index (κ3) is 5.55. The molecule has 0 fully saturated rings. The number of carboxylic acids is 1. The Morgan fingerprint density at radius 3 is 2.45 bits per heavy atom. The summed E-state index contributed by atoms with van der Waals surface area (Å²) < 4.78 is 68.0. The highest BCUT2D eigenvalue weighted by Gasteiger charge is 2.32. The number of alkyl halides is 5. The van der Waals surface area contributed by atoms with Crippen LogP contribution in [-0.2, 0) is 4.79 Å². The van der Waals surface area contributed by atoms with Gasteiger partial charge in [0.25, 0.3) is 0 Å².